The lowest BCUT2D eigenvalue weighted by atomic mass is 10.0. The average Bonchev–Trinajstić information content (AvgIpc) is 2.41. The maximum absolute atomic E-state index is 13.1. The Balaban J connectivity index is 2.34. The molecule has 0 amide bonds. The van der Waals surface area contributed by atoms with E-state index in [0.29, 0.717) is 11.1 Å². The van der Waals surface area contributed by atoms with Crippen LogP contribution in [0.3, 0.4) is 0 Å². The zero-order valence-electron chi connectivity index (χ0n) is 9.71. The van der Waals surface area contributed by atoms with Crippen LogP contribution in [-0.4, -0.2) is 13.0 Å². The van der Waals surface area contributed by atoms with Crippen molar-refractivity contribution in [1.29, 1.82) is 5.41 Å². The van der Waals surface area contributed by atoms with Gasteiger partial charge in [0.05, 0.1) is 7.11 Å². The molecular formula is C14H11F2NO. The van der Waals surface area contributed by atoms with Gasteiger partial charge in [-0.1, -0.05) is 18.2 Å². The van der Waals surface area contributed by atoms with E-state index in [2.05, 4.69) is 0 Å². The molecule has 0 saturated carbocycles. The quantitative estimate of drug-likeness (QED) is 0.638. The van der Waals surface area contributed by atoms with Crippen LogP contribution < -0.4 is 0 Å². The number of ether oxygens (including phenoxy) is 1. The number of nitrogens with one attached hydrogen (secondary N) is 1. The van der Waals surface area contributed by atoms with Gasteiger partial charge in [0.2, 0.25) is 5.90 Å². The molecule has 18 heavy (non-hydrogen) atoms. The summed E-state index contributed by atoms with van der Waals surface area (Å²) in [6, 6.07) is 10.6. The third kappa shape index (κ3) is 2.37. The molecule has 2 nitrogen and oxygen atoms in total. The topological polar surface area (TPSA) is 33.1 Å². The Morgan fingerprint density at radius 1 is 0.944 bits per heavy atom. The zero-order chi connectivity index (χ0) is 13.1. The molecule has 0 atom stereocenters. The molecule has 4 heteroatoms. The lowest BCUT2D eigenvalue weighted by Gasteiger charge is -2.05. The molecule has 1 N–H and O–H groups in total. The van der Waals surface area contributed by atoms with Crippen LogP contribution in [0.25, 0.3) is 11.1 Å². The summed E-state index contributed by atoms with van der Waals surface area (Å²) in [5, 5.41) is 7.48. The summed E-state index contributed by atoms with van der Waals surface area (Å²) < 4.78 is 30.7. The van der Waals surface area contributed by atoms with Gasteiger partial charge < -0.3 is 4.74 Å². The summed E-state index contributed by atoms with van der Waals surface area (Å²) in [7, 11) is 1.42. The highest BCUT2D eigenvalue weighted by Gasteiger charge is 2.05. The summed E-state index contributed by atoms with van der Waals surface area (Å²) in [4.78, 5) is 0. The molecule has 0 bridgehead atoms. The number of benzene rings is 2. The standard InChI is InChI=1S/C14H11F2NO/c1-18-14(17)10-4-2-9(3-5-10)11-6-7-12(15)13(16)8-11/h2-8,17H,1H3. The SMILES string of the molecule is COC(=N)c1ccc(-c2ccc(F)c(F)c2)cc1. The fraction of sp³-hybridized carbons (Fsp3) is 0.0714. The fourth-order valence-corrected chi connectivity index (χ4v) is 1.61. The maximum Gasteiger partial charge on any atom is 0.212 e. The molecule has 0 aliphatic heterocycles. The molecular weight excluding hydrogens is 236 g/mol. The predicted octanol–water partition coefficient (Wildman–Crippen LogP) is 3.60. The second kappa shape index (κ2) is 4.96. The van der Waals surface area contributed by atoms with Gasteiger partial charge in [0.25, 0.3) is 0 Å². The van der Waals surface area contributed by atoms with Crippen LogP contribution in [0.15, 0.2) is 42.5 Å². The molecule has 2 aromatic carbocycles. The highest BCUT2D eigenvalue weighted by Crippen LogP contribution is 2.22. The van der Waals surface area contributed by atoms with E-state index in [1.54, 1.807) is 24.3 Å². The molecule has 0 heterocycles. The summed E-state index contributed by atoms with van der Waals surface area (Å²) in [5.41, 5.74) is 1.97. The highest BCUT2D eigenvalue weighted by molar-refractivity contribution is 5.92. The summed E-state index contributed by atoms with van der Waals surface area (Å²) >= 11 is 0. The number of hydrogen-bond acceptors (Lipinski definition) is 2. The third-order valence-corrected chi connectivity index (χ3v) is 2.60. The Bertz CT molecular complexity index is 579. The van der Waals surface area contributed by atoms with E-state index in [-0.39, 0.29) is 5.90 Å². The van der Waals surface area contributed by atoms with Crippen molar-refractivity contribution < 1.29 is 13.5 Å². The van der Waals surface area contributed by atoms with E-state index in [1.807, 2.05) is 0 Å². The molecule has 2 aromatic rings. The first kappa shape index (κ1) is 12.2. The minimum atomic E-state index is -0.874. The molecule has 0 aliphatic rings. The van der Waals surface area contributed by atoms with E-state index in [0.717, 1.165) is 17.7 Å². The molecule has 0 saturated heterocycles. The van der Waals surface area contributed by atoms with Gasteiger partial charge in [0.1, 0.15) is 0 Å². The van der Waals surface area contributed by atoms with Gasteiger partial charge in [-0.15, -0.1) is 0 Å². The van der Waals surface area contributed by atoms with E-state index in [1.165, 1.54) is 13.2 Å². The minimum Gasteiger partial charge on any atom is -0.481 e. The molecule has 0 aromatic heterocycles. The van der Waals surface area contributed by atoms with Crippen molar-refractivity contribution in [1.82, 2.24) is 0 Å². The van der Waals surface area contributed by atoms with Crippen molar-refractivity contribution in [2.24, 2.45) is 0 Å². The molecule has 2 rings (SSSR count). The van der Waals surface area contributed by atoms with Crippen LogP contribution >= 0.6 is 0 Å². The molecule has 92 valence electrons. The van der Waals surface area contributed by atoms with Crippen molar-refractivity contribution >= 4 is 5.90 Å². The summed E-state index contributed by atoms with van der Waals surface area (Å²) in [6.45, 7) is 0. The number of halogens is 2. The largest absolute Gasteiger partial charge is 0.481 e. The van der Waals surface area contributed by atoms with Crippen LogP contribution in [0.4, 0.5) is 8.78 Å². The average molecular weight is 247 g/mol. The Hall–Kier alpha value is -2.23. The lowest BCUT2D eigenvalue weighted by molar-refractivity contribution is 0.401. The number of hydrogen-bond donors (Lipinski definition) is 1. The Morgan fingerprint density at radius 2 is 1.56 bits per heavy atom. The molecule has 0 fully saturated rings. The van der Waals surface area contributed by atoms with E-state index >= 15 is 0 Å². The van der Waals surface area contributed by atoms with E-state index < -0.39 is 11.6 Å². The first-order chi connectivity index (χ1) is 8.61. The molecule has 0 unspecified atom stereocenters. The minimum absolute atomic E-state index is 0.0619. The normalized spacial score (nSPS) is 10.2. The van der Waals surface area contributed by atoms with Gasteiger partial charge in [-0.3, -0.25) is 5.41 Å². The van der Waals surface area contributed by atoms with Gasteiger partial charge in [0.15, 0.2) is 11.6 Å². The first-order valence-electron chi connectivity index (χ1n) is 5.30. The predicted molar refractivity (Wildman–Crippen MR) is 65.6 cm³/mol. The van der Waals surface area contributed by atoms with Crippen molar-refractivity contribution in [3.63, 3.8) is 0 Å². The van der Waals surface area contributed by atoms with Crippen molar-refractivity contribution in [3.05, 3.63) is 59.7 Å². The Labute approximate surface area is 103 Å². The monoisotopic (exact) mass is 247 g/mol. The van der Waals surface area contributed by atoms with Crippen molar-refractivity contribution in [2.45, 2.75) is 0 Å². The van der Waals surface area contributed by atoms with Crippen LogP contribution in [0.1, 0.15) is 5.56 Å². The summed E-state index contributed by atoms with van der Waals surface area (Å²) in [6.07, 6.45) is 0. The third-order valence-electron chi connectivity index (χ3n) is 2.60. The number of methoxy groups -OCH3 is 1. The first-order valence-corrected chi connectivity index (χ1v) is 5.30. The summed E-state index contributed by atoms with van der Waals surface area (Å²) in [5.74, 6) is -1.68. The van der Waals surface area contributed by atoms with Gasteiger partial charge in [-0.2, -0.15) is 0 Å². The van der Waals surface area contributed by atoms with Crippen LogP contribution in [-0.2, 0) is 4.74 Å². The van der Waals surface area contributed by atoms with Crippen LogP contribution in [0.2, 0.25) is 0 Å². The van der Waals surface area contributed by atoms with E-state index in [9.17, 15) is 8.78 Å². The second-order valence-corrected chi connectivity index (χ2v) is 3.74. The highest BCUT2D eigenvalue weighted by atomic mass is 19.2. The molecule has 0 spiro atoms. The smallest absolute Gasteiger partial charge is 0.212 e. The van der Waals surface area contributed by atoms with Gasteiger partial charge >= 0.3 is 0 Å². The van der Waals surface area contributed by atoms with Crippen molar-refractivity contribution in [3.8, 4) is 11.1 Å². The number of rotatable bonds is 2. The van der Waals surface area contributed by atoms with Crippen molar-refractivity contribution in [2.75, 3.05) is 7.11 Å². The van der Waals surface area contributed by atoms with E-state index in [4.69, 9.17) is 10.1 Å². The zero-order valence-corrected chi connectivity index (χ0v) is 9.71. The van der Waals surface area contributed by atoms with Gasteiger partial charge in [-0.25, -0.2) is 8.78 Å². The maximum atomic E-state index is 13.1. The fourth-order valence-electron chi connectivity index (χ4n) is 1.61. The van der Waals surface area contributed by atoms with Gasteiger partial charge in [-0.05, 0) is 35.4 Å². The van der Waals surface area contributed by atoms with Gasteiger partial charge in [0, 0.05) is 5.56 Å². The molecule has 0 aliphatic carbocycles. The Kier molecular flexibility index (Phi) is 3.37. The Morgan fingerprint density at radius 3 is 2.11 bits per heavy atom. The van der Waals surface area contributed by atoms with Crippen LogP contribution in [0, 0.1) is 17.0 Å². The molecule has 0 radical (unpaired) electrons. The second-order valence-electron chi connectivity index (χ2n) is 3.74. The lowest BCUT2D eigenvalue weighted by Crippen LogP contribution is -2.00. The van der Waals surface area contributed by atoms with Crippen LogP contribution in [0.5, 0.6) is 0 Å².